The number of H-pyrrole nitrogens is 1. The molecule has 30 heavy (non-hydrogen) atoms. The van der Waals surface area contributed by atoms with Gasteiger partial charge in [0.25, 0.3) is 5.91 Å². The number of nitrogens with zero attached hydrogens (tertiary/aromatic N) is 2. The average Bonchev–Trinajstić information content (AvgIpc) is 3.24. The summed E-state index contributed by atoms with van der Waals surface area (Å²) in [6.07, 6.45) is 7.40. The highest BCUT2D eigenvalue weighted by molar-refractivity contribution is 5.93. The highest BCUT2D eigenvalue weighted by atomic mass is 16.5. The van der Waals surface area contributed by atoms with E-state index in [4.69, 9.17) is 4.74 Å². The van der Waals surface area contributed by atoms with Crippen LogP contribution in [0.1, 0.15) is 69.8 Å². The van der Waals surface area contributed by atoms with Gasteiger partial charge in [-0.25, -0.2) is 0 Å². The number of unbranched alkanes of at least 4 members (excludes halogenated alkanes) is 4. The molecule has 1 heterocycles. The summed E-state index contributed by atoms with van der Waals surface area (Å²) in [5.74, 6) is 0.681. The first-order chi connectivity index (χ1) is 14.6. The van der Waals surface area contributed by atoms with Crippen LogP contribution in [-0.2, 0) is 0 Å². The van der Waals surface area contributed by atoms with Gasteiger partial charge in [-0.3, -0.25) is 9.89 Å². The minimum atomic E-state index is -0.114. The lowest BCUT2D eigenvalue weighted by molar-refractivity contribution is 0.0923. The number of carbonyl (C=O) groups is 1. The van der Waals surface area contributed by atoms with E-state index in [9.17, 15) is 4.79 Å². The Morgan fingerprint density at radius 2 is 1.73 bits per heavy atom. The van der Waals surface area contributed by atoms with Crippen LogP contribution in [0.4, 0.5) is 0 Å². The van der Waals surface area contributed by atoms with E-state index in [-0.39, 0.29) is 11.9 Å². The number of aromatic nitrogens is 2. The summed E-state index contributed by atoms with van der Waals surface area (Å²) in [6, 6.07) is 9.51. The molecule has 0 aliphatic carbocycles. The molecule has 2 N–H and O–H groups in total. The molecule has 1 unspecified atom stereocenters. The van der Waals surface area contributed by atoms with E-state index in [0.717, 1.165) is 36.6 Å². The van der Waals surface area contributed by atoms with E-state index in [1.165, 1.54) is 38.5 Å². The number of ether oxygens (including phenoxy) is 1. The third-order valence-electron chi connectivity index (χ3n) is 5.27. The van der Waals surface area contributed by atoms with Gasteiger partial charge in [-0.2, -0.15) is 5.10 Å². The minimum Gasteiger partial charge on any atom is -0.497 e. The topological polar surface area (TPSA) is 70.2 Å². The molecule has 0 spiro atoms. The van der Waals surface area contributed by atoms with Gasteiger partial charge >= 0.3 is 0 Å². The molecule has 0 saturated heterocycles. The van der Waals surface area contributed by atoms with Crippen molar-refractivity contribution in [3.05, 3.63) is 36.0 Å². The van der Waals surface area contributed by atoms with Gasteiger partial charge in [0.05, 0.1) is 12.8 Å². The van der Waals surface area contributed by atoms with Crippen molar-refractivity contribution < 1.29 is 9.53 Å². The van der Waals surface area contributed by atoms with Gasteiger partial charge in [-0.15, -0.1) is 0 Å². The molecule has 166 valence electrons. The quantitative estimate of drug-likeness (QED) is 0.432. The molecular formula is C24H38N4O2. The molecule has 0 aliphatic rings. The fraction of sp³-hybridized carbons (Fsp3) is 0.583. The number of nitrogens with one attached hydrogen (secondary N) is 2. The standard InChI is InChI=1S/C24H38N4O2/c1-5-7-9-15-28(16-10-8-6-2)18-19(3)25-24(29)23-17-22(26-27-23)20-11-13-21(30-4)14-12-20/h11-14,17,19H,5-10,15-16,18H2,1-4H3,(H,25,29)(H,26,27). The molecular weight excluding hydrogens is 376 g/mol. The first-order valence-electron chi connectivity index (χ1n) is 11.3. The fourth-order valence-corrected chi connectivity index (χ4v) is 3.55. The van der Waals surface area contributed by atoms with Crippen LogP contribution in [-0.4, -0.2) is 53.8 Å². The summed E-state index contributed by atoms with van der Waals surface area (Å²) in [5.41, 5.74) is 2.17. The zero-order chi connectivity index (χ0) is 21.8. The molecule has 0 saturated carbocycles. The van der Waals surface area contributed by atoms with E-state index >= 15 is 0 Å². The van der Waals surface area contributed by atoms with E-state index in [0.29, 0.717) is 5.69 Å². The third kappa shape index (κ3) is 7.82. The minimum absolute atomic E-state index is 0.0773. The van der Waals surface area contributed by atoms with Gasteiger partial charge in [-0.05, 0) is 63.2 Å². The predicted molar refractivity (Wildman–Crippen MR) is 123 cm³/mol. The lowest BCUT2D eigenvalue weighted by Crippen LogP contribution is -2.42. The second kappa shape index (κ2) is 13.1. The molecule has 1 aromatic carbocycles. The van der Waals surface area contributed by atoms with Crippen molar-refractivity contribution in [3.63, 3.8) is 0 Å². The number of hydrogen-bond acceptors (Lipinski definition) is 4. The summed E-state index contributed by atoms with van der Waals surface area (Å²) < 4.78 is 5.19. The molecule has 0 aliphatic heterocycles. The van der Waals surface area contributed by atoms with E-state index in [1.807, 2.05) is 24.3 Å². The summed E-state index contributed by atoms with van der Waals surface area (Å²) >= 11 is 0. The van der Waals surface area contributed by atoms with Crippen LogP contribution in [0.5, 0.6) is 5.75 Å². The van der Waals surface area contributed by atoms with Crippen molar-refractivity contribution in [2.75, 3.05) is 26.7 Å². The number of amides is 1. The van der Waals surface area contributed by atoms with Gasteiger partial charge in [-0.1, -0.05) is 39.5 Å². The average molecular weight is 415 g/mol. The molecule has 2 rings (SSSR count). The SMILES string of the molecule is CCCCCN(CCCCC)CC(C)NC(=O)c1cc(-c2ccc(OC)cc2)n[nH]1. The van der Waals surface area contributed by atoms with Gasteiger partial charge < -0.3 is 15.0 Å². The van der Waals surface area contributed by atoms with Crippen molar-refractivity contribution in [2.24, 2.45) is 0 Å². The highest BCUT2D eigenvalue weighted by Gasteiger charge is 2.16. The molecule has 0 bridgehead atoms. The zero-order valence-electron chi connectivity index (χ0n) is 19.0. The summed E-state index contributed by atoms with van der Waals surface area (Å²) in [4.78, 5) is 15.2. The third-order valence-corrected chi connectivity index (χ3v) is 5.27. The van der Waals surface area contributed by atoms with Crippen LogP contribution in [0, 0.1) is 0 Å². The molecule has 0 fully saturated rings. The molecule has 1 amide bonds. The van der Waals surface area contributed by atoms with Crippen LogP contribution in [0.15, 0.2) is 30.3 Å². The Balaban J connectivity index is 1.90. The Hall–Kier alpha value is -2.34. The van der Waals surface area contributed by atoms with Crippen LogP contribution < -0.4 is 10.1 Å². The monoisotopic (exact) mass is 414 g/mol. The number of benzene rings is 1. The maximum Gasteiger partial charge on any atom is 0.269 e. The molecule has 6 nitrogen and oxygen atoms in total. The lowest BCUT2D eigenvalue weighted by Gasteiger charge is -2.26. The number of carbonyl (C=O) groups excluding carboxylic acids is 1. The van der Waals surface area contributed by atoms with E-state index < -0.39 is 0 Å². The zero-order valence-corrected chi connectivity index (χ0v) is 19.0. The Labute approximate surface area is 181 Å². The van der Waals surface area contributed by atoms with Crippen molar-refractivity contribution in [1.82, 2.24) is 20.4 Å². The Morgan fingerprint density at radius 3 is 2.30 bits per heavy atom. The Bertz CT molecular complexity index is 732. The fourth-order valence-electron chi connectivity index (χ4n) is 3.55. The van der Waals surface area contributed by atoms with E-state index in [1.54, 1.807) is 13.2 Å². The Kier molecular flexibility index (Phi) is 10.4. The van der Waals surface area contributed by atoms with Crippen LogP contribution >= 0.6 is 0 Å². The lowest BCUT2D eigenvalue weighted by atomic mass is 10.1. The normalized spacial score (nSPS) is 12.2. The number of hydrogen-bond donors (Lipinski definition) is 2. The second-order valence-electron chi connectivity index (χ2n) is 7.98. The summed E-state index contributed by atoms with van der Waals surface area (Å²) in [6.45, 7) is 9.61. The maximum atomic E-state index is 12.7. The summed E-state index contributed by atoms with van der Waals surface area (Å²) in [5, 5.41) is 10.3. The van der Waals surface area contributed by atoms with E-state index in [2.05, 4.69) is 41.2 Å². The molecule has 2 aromatic rings. The largest absolute Gasteiger partial charge is 0.497 e. The van der Waals surface area contributed by atoms with Gasteiger partial charge in [0.15, 0.2) is 0 Å². The smallest absolute Gasteiger partial charge is 0.269 e. The van der Waals surface area contributed by atoms with Crippen molar-refractivity contribution in [2.45, 2.75) is 65.3 Å². The molecule has 0 radical (unpaired) electrons. The highest BCUT2D eigenvalue weighted by Crippen LogP contribution is 2.21. The number of aromatic amines is 1. The van der Waals surface area contributed by atoms with Crippen molar-refractivity contribution in [1.29, 1.82) is 0 Å². The number of rotatable bonds is 14. The summed E-state index contributed by atoms with van der Waals surface area (Å²) in [7, 11) is 1.64. The molecule has 6 heteroatoms. The van der Waals surface area contributed by atoms with Crippen molar-refractivity contribution in [3.8, 4) is 17.0 Å². The van der Waals surface area contributed by atoms with Gasteiger partial charge in [0.2, 0.25) is 0 Å². The first kappa shape index (κ1) is 23.9. The van der Waals surface area contributed by atoms with Crippen LogP contribution in [0.3, 0.4) is 0 Å². The molecule has 1 atom stereocenters. The molecule has 1 aromatic heterocycles. The van der Waals surface area contributed by atoms with Gasteiger partial charge in [0.1, 0.15) is 11.4 Å². The van der Waals surface area contributed by atoms with Crippen LogP contribution in [0.25, 0.3) is 11.3 Å². The Morgan fingerprint density at radius 1 is 1.10 bits per heavy atom. The van der Waals surface area contributed by atoms with Crippen LogP contribution in [0.2, 0.25) is 0 Å². The predicted octanol–water partition coefficient (Wildman–Crippen LogP) is 4.89. The maximum absolute atomic E-state index is 12.7. The number of methoxy groups -OCH3 is 1. The van der Waals surface area contributed by atoms with Crippen molar-refractivity contribution >= 4 is 5.91 Å². The van der Waals surface area contributed by atoms with Gasteiger partial charge in [0, 0.05) is 18.2 Å². The second-order valence-corrected chi connectivity index (χ2v) is 7.98. The first-order valence-corrected chi connectivity index (χ1v) is 11.3.